The first kappa shape index (κ1) is 18.2. The molecule has 26 heavy (non-hydrogen) atoms. The molecule has 1 heterocycles. The monoisotopic (exact) mass is 352 g/mol. The Morgan fingerprint density at radius 3 is 2.69 bits per heavy atom. The molecule has 1 aliphatic carbocycles. The number of benzene rings is 1. The minimum Gasteiger partial charge on any atom is -0.494 e. The van der Waals surface area contributed by atoms with E-state index in [2.05, 4.69) is 26.7 Å². The van der Waals surface area contributed by atoms with E-state index in [-0.39, 0.29) is 0 Å². The third-order valence-corrected chi connectivity index (χ3v) is 4.41. The van der Waals surface area contributed by atoms with Crippen molar-refractivity contribution in [2.45, 2.75) is 46.0 Å². The average molecular weight is 352 g/mol. The zero-order chi connectivity index (χ0) is 18.2. The topological polar surface area (TPSA) is 59.1 Å². The number of hydrogen-bond donors (Lipinski definition) is 2. The Kier molecular flexibility index (Phi) is 6.47. The van der Waals surface area contributed by atoms with E-state index in [0.29, 0.717) is 12.6 Å². The van der Waals surface area contributed by atoms with Gasteiger partial charge in [-0.25, -0.2) is 4.98 Å². The number of ether oxygens (including phenoxy) is 1. The molecule has 0 amide bonds. The van der Waals surface area contributed by atoms with Gasteiger partial charge in [0, 0.05) is 24.0 Å². The molecular formula is C21H28N4O. The van der Waals surface area contributed by atoms with Gasteiger partial charge in [0.25, 0.3) is 0 Å². The number of rotatable bonds is 8. The van der Waals surface area contributed by atoms with Gasteiger partial charge in [-0.15, -0.1) is 0 Å². The second-order valence-electron chi connectivity index (χ2n) is 6.59. The fourth-order valence-corrected chi connectivity index (χ4v) is 3.13. The summed E-state index contributed by atoms with van der Waals surface area (Å²) in [6.07, 6.45) is 8.63. The van der Waals surface area contributed by atoms with Crippen molar-refractivity contribution in [2.75, 3.05) is 23.8 Å². The normalized spacial score (nSPS) is 13.8. The van der Waals surface area contributed by atoms with Crippen molar-refractivity contribution in [1.29, 1.82) is 0 Å². The van der Waals surface area contributed by atoms with Crippen LogP contribution in [0.1, 0.15) is 44.7 Å². The molecule has 0 aliphatic heterocycles. The minimum atomic E-state index is 0.605. The first-order valence-electron chi connectivity index (χ1n) is 9.50. The number of nitrogens with zero attached hydrogens (tertiary/aromatic N) is 2. The SMILES string of the molecule is CCOc1ccc(Nc2nc(C)cc(NCCC3=CCCCC3)n2)cc1. The zero-order valence-electron chi connectivity index (χ0n) is 15.7. The third kappa shape index (κ3) is 5.48. The van der Waals surface area contributed by atoms with Crippen LogP contribution in [0.4, 0.5) is 17.5 Å². The standard InChI is InChI=1S/C21H28N4O/c1-3-26-19-11-9-18(10-12-19)24-21-23-16(2)15-20(25-21)22-14-13-17-7-5-4-6-8-17/h7,9-12,15H,3-6,8,13-14H2,1-2H3,(H2,22,23,24,25). The van der Waals surface area contributed by atoms with Gasteiger partial charge in [-0.2, -0.15) is 4.98 Å². The summed E-state index contributed by atoms with van der Waals surface area (Å²) < 4.78 is 5.47. The molecule has 1 aliphatic rings. The first-order valence-corrected chi connectivity index (χ1v) is 9.50. The van der Waals surface area contributed by atoms with Crippen LogP contribution in [0.2, 0.25) is 0 Å². The lowest BCUT2D eigenvalue weighted by Gasteiger charge is -2.14. The minimum absolute atomic E-state index is 0.605. The van der Waals surface area contributed by atoms with Crippen molar-refractivity contribution >= 4 is 17.5 Å². The van der Waals surface area contributed by atoms with Gasteiger partial charge in [0.15, 0.2) is 0 Å². The van der Waals surface area contributed by atoms with Crippen LogP contribution < -0.4 is 15.4 Å². The van der Waals surface area contributed by atoms with Gasteiger partial charge >= 0.3 is 0 Å². The first-order chi connectivity index (χ1) is 12.7. The Hall–Kier alpha value is -2.56. The van der Waals surface area contributed by atoms with Gasteiger partial charge < -0.3 is 15.4 Å². The summed E-state index contributed by atoms with van der Waals surface area (Å²) in [5, 5.41) is 6.70. The Morgan fingerprint density at radius 1 is 1.12 bits per heavy atom. The van der Waals surface area contributed by atoms with Crippen LogP contribution in [0.25, 0.3) is 0 Å². The maximum atomic E-state index is 5.47. The van der Waals surface area contributed by atoms with Gasteiger partial charge in [-0.05, 0) is 70.2 Å². The van der Waals surface area contributed by atoms with Crippen LogP contribution in [-0.2, 0) is 0 Å². The molecule has 2 N–H and O–H groups in total. The molecule has 0 fully saturated rings. The van der Waals surface area contributed by atoms with Crippen LogP contribution in [0.3, 0.4) is 0 Å². The second kappa shape index (κ2) is 9.22. The van der Waals surface area contributed by atoms with E-state index in [1.807, 2.05) is 44.2 Å². The number of anilines is 3. The summed E-state index contributed by atoms with van der Waals surface area (Å²) >= 11 is 0. The molecule has 0 saturated carbocycles. The molecule has 0 bridgehead atoms. The third-order valence-electron chi connectivity index (χ3n) is 4.41. The van der Waals surface area contributed by atoms with Crippen molar-refractivity contribution in [1.82, 2.24) is 9.97 Å². The second-order valence-corrected chi connectivity index (χ2v) is 6.59. The van der Waals surface area contributed by atoms with Crippen LogP contribution in [0.15, 0.2) is 42.0 Å². The number of allylic oxidation sites excluding steroid dienone is 1. The van der Waals surface area contributed by atoms with E-state index in [0.717, 1.165) is 35.9 Å². The van der Waals surface area contributed by atoms with E-state index in [4.69, 9.17) is 4.74 Å². The molecule has 1 aromatic carbocycles. The summed E-state index contributed by atoms with van der Waals surface area (Å²) in [7, 11) is 0. The van der Waals surface area contributed by atoms with Crippen molar-refractivity contribution in [3.05, 3.63) is 47.7 Å². The summed E-state index contributed by atoms with van der Waals surface area (Å²) in [5.41, 5.74) is 3.45. The average Bonchev–Trinajstić information content (AvgIpc) is 2.64. The molecule has 0 unspecified atom stereocenters. The molecule has 0 radical (unpaired) electrons. The fraction of sp³-hybridized carbons (Fsp3) is 0.429. The molecule has 5 heteroatoms. The maximum Gasteiger partial charge on any atom is 0.229 e. The predicted molar refractivity (Wildman–Crippen MR) is 107 cm³/mol. The molecule has 0 spiro atoms. The van der Waals surface area contributed by atoms with Gasteiger partial charge in [0.1, 0.15) is 11.6 Å². The Bertz CT molecular complexity index is 740. The lowest BCUT2D eigenvalue weighted by atomic mass is 9.97. The van der Waals surface area contributed by atoms with E-state index in [9.17, 15) is 0 Å². The Labute approximate surface area is 155 Å². The molecule has 0 saturated heterocycles. The lowest BCUT2D eigenvalue weighted by Crippen LogP contribution is -2.08. The number of aryl methyl sites for hydroxylation is 1. The molecular weight excluding hydrogens is 324 g/mol. The van der Waals surface area contributed by atoms with E-state index in [1.54, 1.807) is 5.57 Å². The fourth-order valence-electron chi connectivity index (χ4n) is 3.13. The largest absolute Gasteiger partial charge is 0.494 e. The van der Waals surface area contributed by atoms with Crippen molar-refractivity contribution in [2.24, 2.45) is 0 Å². The van der Waals surface area contributed by atoms with Crippen LogP contribution >= 0.6 is 0 Å². The quantitative estimate of drug-likeness (QED) is 0.637. The summed E-state index contributed by atoms with van der Waals surface area (Å²) in [4.78, 5) is 9.07. The molecule has 0 atom stereocenters. The number of aromatic nitrogens is 2. The van der Waals surface area contributed by atoms with Crippen LogP contribution in [-0.4, -0.2) is 23.1 Å². The molecule has 138 valence electrons. The summed E-state index contributed by atoms with van der Waals surface area (Å²) in [6, 6.07) is 9.81. The Balaban J connectivity index is 1.58. The smallest absolute Gasteiger partial charge is 0.229 e. The van der Waals surface area contributed by atoms with Gasteiger partial charge in [0.2, 0.25) is 5.95 Å². The highest BCUT2D eigenvalue weighted by Crippen LogP contribution is 2.21. The van der Waals surface area contributed by atoms with E-state index in [1.165, 1.54) is 25.7 Å². The maximum absolute atomic E-state index is 5.47. The molecule has 1 aromatic heterocycles. The molecule has 3 rings (SSSR count). The van der Waals surface area contributed by atoms with E-state index >= 15 is 0 Å². The number of nitrogens with one attached hydrogen (secondary N) is 2. The predicted octanol–water partition coefficient (Wildman–Crippen LogP) is 5.23. The van der Waals surface area contributed by atoms with Crippen LogP contribution in [0, 0.1) is 6.92 Å². The zero-order valence-corrected chi connectivity index (χ0v) is 15.7. The Morgan fingerprint density at radius 2 is 1.96 bits per heavy atom. The van der Waals surface area contributed by atoms with Crippen LogP contribution in [0.5, 0.6) is 5.75 Å². The van der Waals surface area contributed by atoms with Gasteiger partial charge in [-0.1, -0.05) is 11.6 Å². The lowest BCUT2D eigenvalue weighted by molar-refractivity contribution is 0.340. The molecule has 2 aromatic rings. The van der Waals surface area contributed by atoms with E-state index < -0.39 is 0 Å². The molecule has 5 nitrogen and oxygen atoms in total. The highest BCUT2D eigenvalue weighted by molar-refractivity contribution is 5.56. The van der Waals surface area contributed by atoms with Crippen molar-refractivity contribution in [3.63, 3.8) is 0 Å². The van der Waals surface area contributed by atoms with Crippen molar-refractivity contribution in [3.8, 4) is 5.75 Å². The number of hydrogen-bond acceptors (Lipinski definition) is 5. The summed E-state index contributed by atoms with van der Waals surface area (Å²) in [5.74, 6) is 2.33. The van der Waals surface area contributed by atoms with Gasteiger partial charge in [0.05, 0.1) is 6.61 Å². The highest BCUT2D eigenvalue weighted by atomic mass is 16.5. The van der Waals surface area contributed by atoms with Gasteiger partial charge in [-0.3, -0.25) is 0 Å². The van der Waals surface area contributed by atoms with Crippen molar-refractivity contribution < 1.29 is 4.74 Å². The highest BCUT2D eigenvalue weighted by Gasteiger charge is 2.06. The summed E-state index contributed by atoms with van der Waals surface area (Å²) in [6.45, 7) is 5.54.